The van der Waals surface area contributed by atoms with Crippen molar-refractivity contribution in [3.8, 4) is 0 Å². The SMILES string of the molecule is Cc1cc(F)c(C(Br)c2ccccc2C)cc1F. The van der Waals surface area contributed by atoms with E-state index >= 15 is 0 Å². The van der Waals surface area contributed by atoms with Gasteiger partial charge in [-0.1, -0.05) is 40.2 Å². The van der Waals surface area contributed by atoms with Crippen LogP contribution in [0, 0.1) is 25.5 Å². The van der Waals surface area contributed by atoms with E-state index in [0.717, 1.165) is 11.1 Å². The smallest absolute Gasteiger partial charge is 0.128 e. The van der Waals surface area contributed by atoms with Crippen molar-refractivity contribution in [2.24, 2.45) is 0 Å². The molecule has 0 fully saturated rings. The van der Waals surface area contributed by atoms with Crippen LogP contribution in [-0.2, 0) is 0 Å². The molecule has 1 atom stereocenters. The summed E-state index contributed by atoms with van der Waals surface area (Å²) in [5.41, 5.74) is 2.63. The fourth-order valence-corrected chi connectivity index (χ4v) is 2.76. The number of alkyl halides is 1. The molecule has 0 aliphatic rings. The summed E-state index contributed by atoms with van der Waals surface area (Å²) in [6.07, 6.45) is 0. The maximum atomic E-state index is 13.9. The molecule has 0 amide bonds. The molecule has 2 aromatic carbocycles. The summed E-state index contributed by atoms with van der Waals surface area (Å²) >= 11 is 3.45. The fraction of sp³-hybridized carbons (Fsp3) is 0.200. The normalized spacial score (nSPS) is 12.5. The van der Waals surface area contributed by atoms with Gasteiger partial charge in [-0.25, -0.2) is 8.78 Å². The van der Waals surface area contributed by atoms with Gasteiger partial charge in [0, 0.05) is 5.56 Å². The molecule has 0 radical (unpaired) electrons. The average molecular weight is 311 g/mol. The van der Waals surface area contributed by atoms with Crippen molar-refractivity contribution < 1.29 is 8.78 Å². The third-order valence-electron chi connectivity index (χ3n) is 3.01. The van der Waals surface area contributed by atoms with Crippen LogP contribution in [0.2, 0.25) is 0 Å². The molecule has 3 heteroatoms. The Labute approximate surface area is 114 Å². The quantitative estimate of drug-likeness (QED) is 0.680. The Hall–Kier alpha value is -1.22. The standard InChI is InChI=1S/C15H13BrF2/c1-9-5-3-4-6-11(9)15(16)12-8-13(17)10(2)7-14(12)18/h3-8,15H,1-2H3. The Kier molecular flexibility index (Phi) is 3.81. The predicted molar refractivity (Wildman–Crippen MR) is 73.0 cm³/mol. The average Bonchev–Trinajstić information content (AvgIpc) is 2.33. The van der Waals surface area contributed by atoms with Crippen molar-refractivity contribution in [2.45, 2.75) is 18.7 Å². The minimum atomic E-state index is -0.390. The van der Waals surface area contributed by atoms with Gasteiger partial charge < -0.3 is 0 Å². The van der Waals surface area contributed by atoms with E-state index in [1.165, 1.54) is 12.1 Å². The van der Waals surface area contributed by atoms with Crippen LogP contribution in [-0.4, -0.2) is 0 Å². The molecular weight excluding hydrogens is 298 g/mol. The van der Waals surface area contributed by atoms with Crippen LogP contribution in [0.3, 0.4) is 0 Å². The first kappa shape index (κ1) is 13.2. The zero-order chi connectivity index (χ0) is 13.3. The van der Waals surface area contributed by atoms with Gasteiger partial charge in [-0.05, 0) is 42.7 Å². The Morgan fingerprint density at radius 1 is 0.889 bits per heavy atom. The summed E-state index contributed by atoms with van der Waals surface area (Å²) in [6, 6.07) is 10.2. The number of rotatable bonds is 2. The van der Waals surface area contributed by atoms with E-state index in [2.05, 4.69) is 15.9 Å². The summed E-state index contributed by atoms with van der Waals surface area (Å²) in [5.74, 6) is -0.775. The first-order valence-corrected chi connectivity index (χ1v) is 6.57. The molecule has 94 valence electrons. The Balaban J connectivity index is 2.50. The van der Waals surface area contributed by atoms with E-state index in [4.69, 9.17) is 0 Å². The molecule has 0 nitrogen and oxygen atoms in total. The van der Waals surface area contributed by atoms with E-state index in [1.807, 2.05) is 31.2 Å². The van der Waals surface area contributed by atoms with Crippen molar-refractivity contribution in [1.82, 2.24) is 0 Å². The lowest BCUT2D eigenvalue weighted by atomic mass is 9.99. The monoisotopic (exact) mass is 310 g/mol. The van der Waals surface area contributed by atoms with Crippen LogP contribution in [0.1, 0.15) is 27.1 Å². The zero-order valence-corrected chi connectivity index (χ0v) is 11.8. The minimum absolute atomic E-state index is 0.320. The van der Waals surface area contributed by atoms with Crippen molar-refractivity contribution in [3.63, 3.8) is 0 Å². The van der Waals surface area contributed by atoms with Crippen molar-refractivity contribution in [2.75, 3.05) is 0 Å². The van der Waals surface area contributed by atoms with E-state index in [1.54, 1.807) is 6.92 Å². The number of hydrogen-bond acceptors (Lipinski definition) is 0. The number of benzene rings is 2. The molecule has 18 heavy (non-hydrogen) atoms. The molecule has 0 spiro atoms. The molecule has 0 N–H and O–H groups in total. The highest BCUT2D eigenvalue weighted by Gasteiger charge is 2.18. The molecule has 0 bridgehead atoms. The van der Waals surface area contributed by atoms with Crippen molar-refractivity contribution >= 4 is 15.9 Å². The van der Waals surface area contributed by atoms with Crippen LogP contribution < -0.4 is 0 Å². The minimum Gasteiger partial charge on any atom is -0.207 e. The highest BCUT2D eigenvalue weighted by atomic mass is 79.9. The van der Waals surface area contributed by atoms with Crippen LogP contribution in [0.25, 0.3) is 0 Å². The maximum Gasteiger partial charge on any atom is 0.128 e. The number of halogens is 3. The first-order chi connectivity index (χ1) is 8.50. The van der Waals surface area contributed by atoms with Gasteiger partial charge in [-0.2, -0.15) is 0 Å². The van der Waals surface area contributed by atoms with Crippen LogP contribution in [0.15, 0.2) is 36.4 Å². The molecule has 2 rings (SSSR count). The van der Waals surface area contributed by atoms with Gasteiger partial charge in [0.25, 0.3) is 0 Å². The summed E-state index contributed by atoms with van der Waals surface area (Å²) in [4.78, 5) is -0.339. The summed E-state index contributed by atoms with van der Waals surface area (Å²) in [6.45, 7) is 3.51. The molecule has 0 aliphatic heterocycles. The number of hydrogen-bond donors (Lipinski definition) is 0. The summed E-state index contributed by atoms with van der Waals surface area (Å²) in [7, 11) is 0. The second kappa shape index (κ2) is 5.19. The van der Waals surface area contributed by atoms with Crippen LogP contribution in [0.4, 0.5) is 8.78 Å². The molecule has 0 aliphatic carbocycles. The predicted octanol–water partition coefficient (Wildman–Crippen LogP) is 5.07. The van der Waals surface area contributed by atoms with Crippen molar-refractivity contribution in [3.05, 3.63) is 70.3 Å². The third-order valence-corrected chi connectivity index (χ3v) is 4.00. The highest BCUT2D eigenvalue weighted by molar-refractivity contribution is 9.09. The summed E-state index contributed by atoms with van der Waals surface area (Å²) in [5, 5.41) is 0. The van der Waals surface area contributed by atoms with E-state index in [-0.39, 0.29) is 16.5 Å². The number of aryl methyl sites for hydroxylation is 2. The lowest BCUT2D eigenvalue weighted by Crippen LogP contribution is -2.01. The molecule has 1 unspecified atom stereocenters. The Morgan fingerprint density at radius 2 is 1.56 bits per heavy atom. The second-order valence-electron chi connectivity index (χ2n) is 4.34. The topological polar surface area (TPSA) is 0 Å². The fourth-order valence-electron chi connectivity index (χ4n) is 1.89. The molecular formula is C15H13BrF2. The maximum absolute atomic E-state index is 13.9. The van der Waals surface area contributed by atoms with Gasteiger partial charge in [-0.3, -0.25) is 0 Å². The van der Waals surface area contributed by atoms with Gasteiger partial charge in [-0.15, -0.1) is 0 Å². The van der Waals surface area contributed by atoms with Gasteiger partial charge in [0.1, 0.15) is 11.6 Å². The van der Waals surface area contributed by atoms with E-state index in [9.17, 15) is 8.78 Å². The molecule has 0 aromatic heterocycles. The largest absolute Gasteiger partial charge is 0.207 e. The van der Waals surface area contributed by atoms with Crippen LogP contribution >= 0.6 is 15.9 Å². The molecule has 0 heterocycles. The van der Waals surface area contributed by atoms with Gasteiger partial charge in [0.2, 0.25) is 0 Å². The van der Waals surface area contributed by atoms with Gasteiger partial charge in [0.05, 0.1) is 4.83 Å². The van der Waals surface area contributed by atoms with Crippen molar-refractivity contribution in [1.29, 1.82) is 0 Å². The van der Waals surface area contributed by atoms with E-state index in [0.29, 0.717) is 11.1 Å². The molecule has 0 saturated carbocycles. The van der Waals surface area contributed by atoms with E-state index < -0.39 is 0 Å². The molecule has 0 saturated heterocycles. The summed E-state index contributed by atoms with van der Waals surface area (Å²) < 4.78 is 27.4. The zero-order valence-electron chi connectivity index (χ0n) is 10.2. The van der Waals surface area contributed by atoms with Gasteiger partial charge in [0.15, 0.2) is 0 Å². The second-order valence-corrected chi connectivity index (χ2v) is 5.26. The third kappa shape index (κ3) is 2.46. The van der Waals surface area contributed by atoms with Crippen LogP contribution in [0.5, 0.6) is 0 Å². The molecule has 2 aromatic rings. The Bertz CT molecular complexity index is 579. The lowest BCUT2D eigenvalue weighted by molar-refractivity contribution is 0.581. The lowest BCUT2D eigenvalue weighted by Gasteiger charge is -2.15. The highest BCUT2D eigenvalue weighted by Crippen LogP contribution is 2.35. The van der Waals surface area contributed by atoms with Gasteiger partial charge >= 0.3 is 0 Å². The first-order valence-electron chi connectivity index (χ1n) is 5.66. The Morgan fingerprint density at radius 3 is 2.22 bits per heavy atom.